The first kappa shape index (κ1) is 16.3. The highest BCUT2D eigenvalue weighted by Gasteiger charge is 2.09. The molecule has 0 bridgehead atoms. The lowest BCUT2D eigenvalue weighted by atomic mass is 10.2. The largest absolute Gasteiger partial charge is 0.480 e. The van der Waals surface area contributed by atoms with Crippen LogP contribution in [0.4, 0.5) is 4.79 Å². The first-order valence-corrected chi connectivity index (χ1v) is 5.31. The number of carboxylic acid groups (broad SMARTS) is 1. The van der Waals surface area contributed by atoms with E-state index in [9.17, 15) is 14.4 Å². The molecule has 1 atom stereocenters. The van der Waals surface area contributed by atoms with Gasteiger partial charge in [0.1, 0.15) is 13.2 Å². The summed E-state index contributed by atoms with van der Waals surface area (Å²) in [4.78, 5) is 32.4. The van der Waals surface area contributed by atoms with Gasteiger partial charge in [-0.15, -0.1) is 0 Å². The number of carbonyl (C=O) groups excluding carboxylic acids is 2. The number of methoxy groups -OCH3 is 1. The topological polar surface area (TPSA) is 114 Å². The maximum atomic E-state index is 11.2. The van der Waals surface area contributed by atoms with E-state index in [1.807, 2.05) is 12.2 Å². The van der Waals surface area contributed by atoms with Gasteiger partial charge in [0.25, 0.3) is 5.91 Å². The zero-order valence-electron chi connectivity index (χ0n) is 10.4. The van der Waals surface area contributed by atoms with Crippen LogP contribution in [0.1, 0.15) is 6.92 Å². The summed E-state index contributed by atoms with van der Waals surface area (Å²) in [5, 5.41) is 12.7. The van der Waals surface area contributed by atoms with Crippen LogP contribution in [0, 0.1) is 5.92 Å². The zero-order valence-corrected chi connectivity index (χ0v) is 10.4. The Morgan fingerprint density at radius 1 is 1.28 bits per heavy atom. The smallest absolute Gasteiger partial charge is 0.329 e. The van der Waals surface area contributed by atoms with Gasteiger partial charge in [0.2, 0.25) is 0 Å². The summed E-state index contributed by atoms with van der Waals surface area (Å²) in [6, 6.07) is -0.651. The van der Waals surface area contributed by atoms with E-state index >= 15 is 0 Å². The van der Waals surface area contributed by atoms with Crippen molar-refractivity contribution in [1.29, 1.82) is 0 Å². The average molecular weight is 262 g/mol. The highest BCUT2D eigenvalue weighted by atomic mass is 16.5. The van der Waals surface area contributed by atoms with Crippen LogP contribution in [0.5, 0.6) is 0 Å². The van der Waals surface area contributed by atoms with Gasteiger partial charge in [-0.3, -0.25) is 10.1 Å². The molecule has 0 aliphatic carbocycles. The molecule has 3 amide bonds. The molecule has 0 aromatic rings. The van der Waals surface area contributed by atoms with E-state index in [0.717, 1.165) is 0 Å². The van der Waals surface area contributed by atoms with Gasteiger partial charge in [0.15, 0.2) is 0 Å². The van der Waals surface area contributed by atoms with Crippen molar-refractivity contribution in [3.8, 4) is 0 Å². The summed E-state index contributed by atoms with van der Waals surface area (Å²) in [6.07, 6.45) is 0. The van der Waals surface area contributed by atoms with Crippen LogP contribution in [-0.4, -0.2) is 56.5 Å². The number of hydrogen-bond acceptors (Lipinski definition) is 5. The van der Waals surface area contributed by atoms with E-state index in [1.165, 1.54) is 0 Å². The third-order valence-corrected chi connectivity index (χ3v) is 1.77. The number of amides is 3. The molecular formula is C10H18N2O6. The number of hydrogen-bond donors (Lipinski definition) is 3. The van der Waals surface area contributed by atoms with Gasteiger partial charge in [-0.2, -0.15) is 0 Å². The summed E-state index contributed by atoms with van der Waals surface area (Å²) in [6.45, 7) is 1.67. The van der Waals surface area contributed by atoms with Crippen LogP contribution >= 0.6 is 0 Å². The highest BCUT2D eigenvalue weighted by molar-refractivity contribution is 5.94. The first-order chi connectivity index (χ1) is 8.45. The van der Waals surface area contributed by atoms with Crippen LogP contribution < -0.4 is 10.6 Å². The van der Waals surface area contributed by atoms with E-state index in [2.05, 4.69) is 10.1 Å². The van der Waals surface area contributed by atoms with Crippen molar-refractivity contribution in [3.63, 3.8) is 0 Å². The maximum Gasteiger partial charge on any atom is 0.329 e. The van der Waals surface area contributed by atoms with Crippen molar-refractivity contribution in [1.82, 2.24) is 10.6 Å². The molecule has 0 fully saturated rings. The average Bonchev–Trinajstić information content (AvgIpc) is 2.26. The molecule has 18 heavy (non-hydrogen) atoms. The molecule has 0 saturated carbocycles. The lowest BCUT2D eigenvalue weighted by molar-refractivity contribution is -0.143. The molecule has 0 saturated heterocycles. The molecule has 1 unspecified atom stereocenters. The Labute approximate surface area is 105 Å². The van der Waals surface area contributed by atoms with Gasteiger partial charge in [-0.1, -0.05) is 6.92 Å². The summed E-state index contributed by atoms with van der Waals surface area (Å²) in [5.41, 5.74) is 0. The predicted molar refractivity (Wildman–Crippen MR) is 61.0 cm³/mol. The third-order valence-electron chi connectivity index (χ3n) is 1.77. The zero-order chi connectivity index (χ0) is 14.0. The monoisotopic (exact) mass is 262 g/mol. The number of aliphatic carboxylic acids is 1. The normalized spacial score (nSPS) is 11.7. The first-order valence-electron chi connectivity index (χ1n) is 5.31. The minimum Gasteiger partial charge on any atom is -0.480 e. The number of carbonyl (C=O) groups is 3. The van der Waals surface area contributed by atoms with E-state index in [0.29, 0.717) is 13.2 Å². The minimum atomic E-state index is -1.18. The van der Waals surface area contributed by atoms with Gasteiger partial charge in [0, 0.05) is 13.7 Å². The summed E-state index contributed by atoms with van der Waals surface area (Å²) in [7, 11) is 1.56. The van der Waals surface area contributed by atoms with Gasteiger partial charge >= 0.3 is 12.0 Å². The molecule has 104 valence electrons. The van der Waals surface area contributed by atoms with Gasteiger partial charge in [-0.05, 0) is 5.92 Å². The molecule has 0 heterocycles. The van der Waals surface area contributed by atoms with E-state index in [-0.39, 0.29) is 5.92 Å². The standard InChI is InChI=1S/C10H18N2O6/c1-7(4-17-2)3-11-10(16)12-8(13)5-18-6-9(14)15/h7H,3-6H2,1-2H3,(H,14,15)(H2,11,12,13,16). The van der Waals surface area contributed by atoms with Gasteiger partial charge < -0.3 is 19.9 Å². The van der Waals surface area contributed by atoms with Crippen molar-refractivity contribution in [2.75, 3.05) is 33.5 Å². The van der Waals surface area contributed by atoms with Crippen molar-refractivity contribution in [3.05, 3.63) is 0 Å². The Balaban J connectivity index is 3.67. The van der Waals surface area contributed by atoms with Crippen molar-refractivity contribution in [2.45, 2.75) is 6.92 Å². The van der Waals surface area contributed by atoms with Crippen LogP contribution in [-0.2, 0) is 19.1 Å². The minimum absolute atomic E-state index is 0.124. The van der Waals surface area contributed by atoms with E-state index in [1.54, 1.807) is 7.11 Å². The number of ether oxygens (including phenoxy) is 2. The second kappa shape index (κ2) is 9.37. The Bertz CT molecular complexity index is 294. The predicted octanol–water partition coefficient (Wildman–Crippen LogP) is -0.804. The highest BCUT2D eigenvalue weighted by Crippen LogP contribution is 1.91. The van der Waals surface area contributed by atoms with Crippen LogP contribution in [0.15, 0.2) is 0 Å². The molecule has 0 aliphatic rings. The molecule has 0 radical (unpaired) electrons. The Morgan fingerprint density at radius 3 is 2.50 bits per heavy atom. The number of nitrogens with one attached hydrogen (secondary N) is 2. The van der Waals surface area contributed by atoms with Crippen LogP contribution in [0.3, 0.4) is 0 Å². The maximum absolute atomic E-state index is 11.2. The van der Waals surface area contributed by atoms with E-state index in [4.69, 9.17) is 9.84 Å². The second-order valence-corrected chi connectivity index (χ2v) is 3.71. The number of rotatable bonds is 8. The fourth-order valence-corrected chi connectivity index (χ4v) is 1.05. The molecule has 8 nitrogen and oxygen atoms in total. The molecular weight excluding hydrogens is 244 g/mol. The van der Waals surface area contributed by atoms with Crippen molar-refractivity contribution in [2.24, 2.45) is 5.92 Å². The Morgan fingerprint density at radius 2 is 1.94 bits per heavy atom. The van der Waals surface area contributed by atoms with Crippen LogP contribution in [0.25, 0.3) is 0 Å². The molecule has 3 N–H and O–H groups in total. The second-order valence-electron chi connectivity index (χ2n) is 3.71. The Kier molecular flexibility index (Phi) is 8.50. The van der Waals surface area contributed by atoms with Gasteiger partial charge in [0.05, 0.1) is 6.61 Å². The summed E-state index contributed by atoms with van der Waals surface area (Å²) >= 11 is 0. The SMILES string of the molecule is COCC(C)CNC(=O)NC(=O)COCC(=O)O. The van der Waals surface area contributed by atoms with Gasteiger partial charge in [-0.25, -0.2) is 9.59 Å². The molecule has 8 heteroatoms. The number of carboxylic acids is 1. The summed E-state index contributed by atoms with van der Waals surface area (Å²) < 4.78 is 9.39. The van der Waals surface area contributed by atoms with Crippen molar-refractivity contribution >= 4 is 17.9 Å². The third kappa shape index (κ3) is 9.55. The summed E-state index contributed by atoms with van der Waals surface area (Å²) in [5.74, 6) is -1.76. The number of urea groups is 1. The lowest BCUT2D eigenvalue weighted by Crippen LogP contribution is -2.43. The molecule has 0 spiro atoms. The fourth-order valence-electron chi connectivity index (χ4n) is 1.05. The molecule has 0 aromatic heterocycles. The fraction of sp³-hybridized carbons (Fsp3) is 0.700. The van der Waals surface area contributed by atoms with E-state index < -0.39 is 31.1 Å². The van der Waals surface area contributed by atoms with Crippen molar-refractivity contribution < 1.29 is 29.0 Å². The quantitative estimate of drug-likeness (QED) is 0.527. The number of imide groups is 1. The Hall–Kier alpha value is -1.67. The van der Waals surface area contributed by atoms with Crippen LogP contribution in [0.2, 0.25) is 0 Å². The molecule has 0 rings (SSSR count). The lowest BCUT2D eigenvalue weighted by Gasteiger charge is -2.11. The molecule has 0 aromatic carbocycles. The molecule has 0 aliphatic heterocycles.